The molecule has 2 amide bonds. The number of likely N-dealkylation sites (N-methyl/N-ethyl adjacent to an activating group) is 1. The van der Waals surface area contributed by atoms with Crippen LogP contribution in [-0.2, 0) is 9.59 Å². The Hall–Kier alpha value is -2.09. The molecule has 8 heteroatoms. The molecule has 1 rings (SSSR count). The van der Waals surface area contributed by atoms with Crippen LogP contribution in [0.3, 0.4) is 0 Å². The Morgan fingerprint density at radius 1 is 1.35 bits per heavy atom. The number of aldehydes is 1. The van der Waals surface area contributed by atoms with Crippen molar-refractivity contribution in [3.8, 4) is 11.5 Å². The van der Waals surface area contributed by atoms with Gasteiger partial charge in [0.05, 0.1) is 7.11 Å². The summed E-state index contributed by atoms with van der Waals surface area (Å²) in [6.45, 7) is 3.55. The Labute approximate surface area is 142 Å². The minimum Gasteiger partial charge on any atom is -0.493 e. The summed E-state index contributed by atoms with van der Waals surface area (Å²) in [7, 11) is 1.45. The standard InChI is InChI=1S/C15H19BrN2O5/c1-4-17-15(21)9(2)18-14(20)8-23-13-5-10(7-19)11(16)6-12(13)22-3/h5-7,9H,4,8H2,1-3H3,(H,17,21)(H,18,20)/t9-/m0/s1. The summed E-state index contributed by atoms with van der Waals surface area (Å²) < 4.78 is 11.1. The minimum absolute atomic E-state index is 0.263. The molecule has 0 radical (unpaired) electrons. The lowest BCUT2D eigenvalue weighted by Gasteiger charge is -2.15. The molecule has 0 aliphatic carbocycles. The molecule has 1 aromatic carbocycles. The largest absolute Gasteiger partial charge is 0.493 e. The molecule has 2 N–H and O–H groups in total. The van der Waals surface area contributed by atoms with E-state index in [1.807, 2.05) is 0 Å². The Balaban J connectivity index is 2.69. The van der Waals surface area contributed by atoms with Crippen LogP contribution in [0.4, 0.5) is 0 Å². The molecular formula is C15H19BrN2O5. The molecule has 0 aromatic heterocycles. The van der Waals surface area contributed by atoms with Crippen molar-refractivity contribution in [3.63, 3.8) is 0 Å². The van der Waals surface area contributed by atoms with Gasteiger partial charge in [0, 0.05) is 16.6 Å². The number of methoxy groups -OCH3 is 1. The number of nitrogens with one attached hydrogen (secondary N) is 2. The fraction of sp³-hybridized carbons (Fsp3) is 0.400. The van der Waals surface area contributed by atoms with E-state index in [0.717, 1.165) is 0 Å². The van der Waals surface area contributed by atoms with Gasteiger partial charge in [0.25, 0.3) is 5.91 Å². The van der Waals surface area contributed by atoms with Gasteiger partial charge in [-0.05, 0) is 41.9 Å². The van der Waals surface area contributed by atoms with E-state index in [2.05, 4.69) is 26.6 Å². The number of ether oxygens (including phenoxy) is 2. The molecule has 0 spiro atoms. The van der Waals surface area contributed by atoms with E-state index in [0.29, 0.717) is 28.6 Å². The van der Waals surface area contributed by atoms with Crippen molar-refractivity contribution in [2.75, 3.05) is 20.3 Å². The molecule has 0 heterocycles. The van der Waals surface area contributed by atoms with E-state index in [1.165, 1.54) is 13.2 Å². The average molecular weight is 387 g/mol. The van der Waals surface area contributed by atoms with E-state index in [4.69, 9.17) is 9.47 Å². The van der Waals surface area contributed by atoms with Gasteiger partial charge < -0.3 is 20.1 Å². The second-order valence-electron chi connectivity index (χ2n) is 4.61. The molecule has 0 saturated heterocycles. The minimum atomic E-state index is -0.664. The molecule has 1 atom stereocenters. The Kier molecular flexibility index (Phi) is 7.53. The second kappa shape index (κ2) is 9.14. The van der Waals surface area contributed by atoms with Gasteiger partial charge in [-0.15, -0.1) is 0 Å². The van der Waals surface area contributed by atoms with Crippen molar-refractivity contribution in [2.24, 2.45) is 0 Å². The molecule has 7 nitrogen and oxygen atoms in total. The first kappa shape index (κ1) is 19.0. The van der Waals surface area contributed by atoms with E-state index in [9.17, 15) is 14.4 Å². The summed E-state index contributed by atoms with van der Waals surface area (Å²) in [5.74, 6) is -0.0858. The fourth-order valence-corrected chi connectivity index (χ4v) is 2.15. The fourth-order valence-electron chi connectivity index (χ4n) is 1.73. The molecule has 126 valence electrons. The van der Waals surface area contributed by atoms with Crippen molar-refractivity contribution >= 4 is 34.0 Å². The maximum absolute atomic E-state index is 11.8. The molecule has 0 saturated carbocycles. The van der Waals surface area contributed by atoms with Gasteiger partial charge in [-0.25, -0.2) is 0 Å². The highest BCUT2D eigenvalue weighted by Gasteiger charge is 2.16. The quantitative estimate of drug-likeness (QED) is 0.656. The second-order valence-corrected chi connectivity index (χ2v) is 5.47. The highest BCUT2D eigenvalue weighted by molar-refractivity contribution is 9.10. The molecular weight excluding hydrogens is 368 g/mol. The van der Waals surface area contributed by atoms with Crippen LogP contribution in [0.1, 0.15) is 24.2 Å². The highest BCUT2D eigenvalue weighted by Crippen LogP contribution is 2.32. The molecule has 0 aliphatic rings. The highest BCUT2D eigenvalue weighted by atomic mass is 79.9. The number of carbonyl (C=O) groups is 3. The number of halogens is 1. The summed E-state index contributed by atoms with van der Waals surface area (Å²) in [5, 5.41) is 5.12. The molecule has 23 heavy (non-hydrogen) atoms. The maximum atomic E-state index is 11.8. The van der Waals surface area contributed by atoms with E-state index < -0.39 is 11.9 Å². The molecule has 1 aromatic rings. The molecule has 0 bridgehead atoms. The van der Waals surface area contributed by atoms with Crippen molar-refractivity contribution in [3.05, 3.63) is 22.2 Å². The van der Waals surface area contributed by atoms with Crippen molar-refractivity contribution in [1.82, 2.24) is 10.6 Å². The number of carbonyl (C=O) groups excluding carboxylic acids is 3. The Morgan fingerprint density at radius 2 is 2.04 bits per heavy atom. The number of amides is 2. The number of benzene rings is 1. The van der Waals surface area contributed by atoms with Crippen molar-refractivity contribution < 1.29 is 23.9 Å². The zero-order chi connectivity index (χ0) is 17.4. The van der Waals surface area contributed by atoms with Gasteiger partial charge in [0.15, 0.2) is 24.4 Å². The van der Waals surface area contributed by atoms with Crippen molar-refractivity contribution in [1.29, 1.82) is 0 Å². The van der Waals surface area contributed by atoms with Gasteiger partial charge in [0.2, 0.25) is 5.91 Å². The lowest BCUT2D eigenvalue weighted by atomic mass is 10.2. The third-order valence-corrected chi connectivity index (χ3v) is 3.58. The number of rotatable bonds is 8. The third-order valence-electron chi connectivity index (χ3n) is 2.89. The molecule has 0 unspecified atom stereocenters. The van der Waals surface area contributed by atoms with E-state index >= 15 is 0 Å². The Morgan fingerprint density at radius 3 is 2.61 bits per heavy atom. The van der Waals surface area contributed by atoms with Crippen LogP contribution < -0.4 is 20.1 Å². The van der Waals surface area contributed by atoms with Crippen LogP contribution in [-0.4, -0.2) is 44.4 Å². The summed E-state index contributed by atoms with van der Waals surface area (Å²) in [5.41, 5.74) is 0.372. The Bertz CT molecular complexity index is 591. The van der Waals surface area contributed by atoms with Crippen LogP contribution in [0.15, 0.2) is 16.6 Å². The number of hydrogen-bond acceptors (Lipinski definition) is 5. The smallest absolute Gasteiger partial charge is 0.258 e. The average Bonchev–Trinajstić information content (AvgIpc) is 2.53. The van der Waals surface area contributed by atoms with Crippen LogP contribution >= 0.6 is 15.9 Å². The lowest BCUT2D eigenvalue weighted by molar-refractivity contribution is -0.129. The lowest BCUT2D eigenvalue weighted by Crippen LogP contribution is -2.46. The van der Waals surface area contributed by atoms with Crippen LogP contribution in [0, 0.1) is 0 Å². The predicted octanol–water partition coefficient (Wildman–Crippen LogP) is 1.29. The summed E-state index contributed by atoms with van der Waals surface area (Å²) >= 11 is 3.24. The molecule has 0 aliphatic heterocycles. The van der Waals surface area contributed by atoms with Gasteiger partial charge in [-0.2, -0.15) is 0 Å². The first-order valence-corrected chi connectivity index (χ1v) is 7.74. The summed E-state index contributed by atoms with van der Waals surface area (Å²) in [6, 6.07) is 2.38. The van der Waals surface area contributed by atoms with E-state index in [1.54, 1.807) is 19.9 Å². The normalized spacial score (nSPS) is 11.3. The monoisotopic (exact) mass is 386 g/mol. The van der Waals surface area contributed by atoms with Crippen LogP contribution in [0.2, 0.25) is 0 Å². The van der Waals surface area contributed by atoms with Gasteiger partial charge in [0.1, 0.15) is 6.04 Å². The zero-order valence-corrected chi connectivity index (χ0v) is 14.7. The van der Waals surface area contributed by atoms with Gasteiger partial charge >= 0.3 is 0 Å². The predicted molar refractivity (Wildman–Crippen MR) is 87.9 cm³/mol. The summed E-state index contributed by atoms with van der Waals surface area (Å²) in [4.78, 5) is 34.3. The first-order valence-electron chi connectivity index (χ1n) is 6.95. The van der Waals surface area contributed by atoms with Crippen LogP contribution in [0.25, 0.3) is 0 Å². The maximum Gasteiger partial charge on any atom is 0.258 e. The van der Waals surface area contributed by atoms with Crippen molar-refractivity contribution in [2.45, 2.75) is 19.9 Å². The number of hydrogen-bond donors (Lipinski definition) is 2. The topological polar surface area (TPSA) is 93.7 Å². The van der Waals surface area contributed by atoms with Crippen LogP contribution in [0.5, 0.6) is 11.5 Å². The SMILES string of the molecule is CCNC(=O)[C@H](C)NC(=O)COc1cc(C=O)c(Br)cc1OC. The van der Waals surface area contributed by atoms with Gasteiger partial charge in [-0.1, -0.05) is 0 Å². The third kappa shape index (κ3) is 5.55. The van der Waals surface area contributed by atoms with E-state index in [-0.39, 0.29) is 18.3 Å². The molecule has 0 fully saturated rings. The summed E-state index contributed by atoms with van der Waals surface area (Å²) in [6.07, 6.45) is 0.660. The zero-order valence-electron chi connectivity index (χ0n) is 13.1. The van der Waals surface area contributed by atoms with Gasteiger partial charge in [-0.3, -0.25) is 14.4 Å². The first-order chi connectivity index (χ1) is 10.9.